The van der Waals surface area contributed by atoms with Crippen LogP contribution in [0.4, 0.5) is 17.1 Å². The quantitative estimate of drug-likeness (QED) is 0.302. The van der Waals surface area contributed by atoms with E-state index in [1.807, 2.05) is 47.4 Å². The maximum absolute atomic E-state index is 12.2. The first kappa shape index (κ1) is 23.7. The SMILES string of the molecule is O=C(/C=C/c1ccccc1)NC(=S)N1CCN(c2ccc([N+](=O)[O-])c(N3CCCCC3)c2)CC1. The van der Waals surface area contributed by atoms with E-state index in [1.165, 1.54) is 12.5 Å². The van der Waals surface area contributed by atoms with Crippen molar-refractivity contribution in [1.82, 2.24) is 10.2 Å². The van der Waals surface area contributed by atoms with E-state index < -0.39 is 0 Å². The van der Waals surface area contributed by atoms with Crippen LogP contribution in [0.15, 0.2) is 54.6 Å². The van der Waals surface area contributed by atoms with Gasteiger partial charge in [0.05, 0.1) is 4.92 Å². The molecule has 1 N–H and O–H groups in total. The summed E-state index contributed by atoms with van der Waals surface area (Å²) in [6.07, 6.45) is 6.53. The van der Waals surface area contributed by atoms with Crippen LogP contribution in [0.25, 0.3) is 6.08 Å². The Labute approximate surface area is 205 Å². The van der Waals surface area contributed by atoms with Gasteiger partial charge in [-0.3, -0.25) is 20.2 Å². The van der Waals surface area contributed by atoms with Gasteiger partial charge in [-0.2, -0.15) is 0 Å². The van der Waals surface area contributed by atoms with E-state index in [0.29, 0.717) is 37.0 Å². The highest BCUT2D eigenvalue weighted by atomic mass is 32.1. The summed E-state index contributed by atoms with van der Waals surface area (Å²) in [7, 11) is 0. The molecule has 178 valence electrons. The number of benzene rings is 2. The topological polar surface area (TPSA) is 82.0 Å². The molecule has 2 aromatic carbocycles. The molecule has 2 aliphatic rings. The van der Waals surface area contributed by atoms with Crippen LogP contribution in [0.1, 0.15) is 24.8 Å². The first-order valence-corrected chi connectivity index (χ1v) is 12.0. The van der Waals surface area contributed by atoms with Gasteiger partial charge in [-0.25, -0.2) is 0 Å². The predicted octanol–water partition coefficient (Wildman–Crippen LogP) is 3.82. The average Bonchev–Trinajstić information content (AvgIpc) is 2.88. The Morgan fingerprint density at radius 3 is 2.32 bits per heavy atom. The van der Waals surface area contributed by atoms with Crippen LogP contribution >= 0.6 is 12.2 Å². The zero-order chi connectivity index (χ0) is 23.9. The van der Waals surface area contributed by atoms with Gasteiger partial charge in [-0.1, -0.05) is 30.3 Å². The smallest absolute Gasteiger partial charge is 0.292 e. The highest BCUT2D eigenvalue weighted by Crippen LogP contribution is 2.34. The van der Waals surface area contributed by atoms with Crippen LogP contribution in [0.3, 0.4) is 0 Å². The van der Waals surface area contributed by atoms with Crippen LogP contribution in [0.2, 0.25) is 0 Å². The molecule has 8 nitrogen and oxygen atoms in total. The van der Waals surface area contributed by atoms with Crippen molar-refractivity contribution in [2.24, 2.45) is 0 Å². The number of nitrogens with one attached hydrogen (secondary N) is 1. The van der Waals surface area contributed by atoms with Crippen molar-refractivity contribution in [3.05, 3.63) is 70.3 Å². The number of carbonyl (C=O) groups is 1. The number of anilines is 2. The molecular formula is C25H29N5O3S. The molecule has 0 bridgehead atoms. The Morgan fingerprint density at radius 2 is 1.65 bits per heavy atom. The van der Waals surface area contributed by atoms with Gasteiger partial charge >= 0.3 is 0 Å². The summed E-state index contributed by atoms with van der Waals surface area (Å²) in [5.41, 5.74) is 2.80. The number of rotatable bonds is 5. The highest BCUT2D eigenvalue weighted by Gasteiger charge is 2.25. The number of nitro benzene ring substituents is 1. The Kier molecular flexibility index (Phi) is 7.74. The molecule has 4 rings (SSSR count). The third-order valence-corrected chi connectivity index (χ3v) is 6.60. The predicted molar refractivity (Wildman–Crippen MR) is 139 cm³/mol. The summed E-state index contributed by atoms with van der Waals surface area (Å²) in [6, 6.07) is 15.0. The van der Waals surface area contributed by atoms with Crippen molar-refractivity contribution in [3.63, 3.8) is 0 Å². The van der Waals surface area contributed by atoms with Crippen LogP contribution in [0, 0.1) is 10.1 Å². The minimum atomic E-state index is -0.293. The summed E-state index contributed by atoms with van der Waals surface area (Å²) in [5, 5.41) is 14.8. The lowest BCUT2D eigenvalue weighted by atomic mass is 10.1. The number of hydrogen-bond donors (Lipinski definition) is 1. The standard InChI is InChI=1S/C25H29N5O3S/c31-24(12-9-20-7-3-1-4-8-20)26-25(34)29-17-15-27(16-18-29)21-10-11-22(30(32)33)23(19-21)28-13-5-2-6-14-28/h1,3-4,7-12,19H,2,5-6,13-18H2,(H,26,31,34)/b12-9+. The molecule has 9 heteroatoms. The van der Waals surface area contributed by atoms with Gasteiger partial charge in [0.15, 0.2) is 5.11 Å². The fourth-order valence-electron chi connectivity index (χ4n) is 4.38. The molecule has 2 fully saturated rings. The van der Waals surface area contributed by atoms with Crippen molar-refractivity contribution in [2.45, 2.75) is 19.3 Å². The first-order valence-electron chi connectivity index (χ1n) is 11.6. The van der Waals surface area contributed by atoms with E-state index in [-0.39, 0.29) is 16.5 Å². The fourth-order valence-corrected chi connectivity index (χ4v) is 4.66. The third-order valence-electron chi connectivity index (χ3n) is 6.24. The highest BCUT2D eigenvalue weighted by molar-refractivity contribution is 7.80. The zero-order valence-electron chi connectivity index (χ0n) is 19.1. The van der Waals surface area contributed by atoms with E-state index in [2.05, 4.69) is 15.1 Å². The number of thiocarbonyl (C=S) groups is 1. The number of nitrogens with zero attached hydrogens (tertiary/aromatic N) is 4. The normalized spacial score (nSPS) is 16.5. The van der Waals surface area contributed by atoms with E-state index in [0.717, 1.165) is 37.2 Å². The van der Waals surface area contributed by atoms with E-state index in [9.17, 15) is 14.9 Å². The van der Waals surface area contributed by atoms with Gasteiger partial charge in [0.2, 0.25) is 5.91 Å². The summed E-state index contributed by atoms with van der Waals surface area (Å²) >= 11 is 5.45. The molecule has 0 radical (unpaired) electrons. The Morgan fingerprint density at radius 1 is 0.941 bits per heavy atom. The lowest BCUT2D eigenvalue weighted by Gasteiger charge is -2.37. The molecule has 1 amide bonds. The van der Waals surface area contributed by atoms with Crippen LogP contribution in [0.5, 0.6) is 0 Å². The number of nitro groups is 1. The van der Waals surface area contributed by atoms with Crippen molar-refractivity contribution in [3.8, 4) is 0 Å². The largest absolute Gasteiger partial charge is 0.368 e. The minimum absolute atomic E-state index is 0.164. The van der Waals surface area contributed by atoms with Gasteiger partial charge in [0.25, 0.3) is 5.69 Å². The van der Waals surface area contributed by atoms with Gasteiger partial charge in [0, 0.05) is 57.1 Å². The molecule has 0 saturated carbocycles. The Hall–Kier alpha value is -3.46. The second kappa shape index (κ2) is 11.1. The molecular weight excluding hydrogens is 450 g/mol. The number of amides is 1. The van der Waals surface area contributed by atoms with Crippen LogP contribution in [-0.4, -0.2) is 60.1 Å². The minimum Gasteiger partial charge on any atom is -0.368 e. The van der Waals surface area contributed by atoms with Crippen LogP contribution in [-0.2, 0) is 4.79 Å². The average molecular weight is 480 g/mol. The van der Waals surface area contributed by atoms with E-state index >= 15 is 0 Å². The molecule has 2 aromatic rings. The number of hydrogen-bond acceptors (Lipinski definition) is 6. The maximum atomic E-state index is 12.2. The molecule has 0 aromatic heterocycles. The van der Waals surface area contributed by atoms with Crippen molar-refractivity contribution in [1.29, 1.82) is 0 Å². The first-order chi connectivity index (χ1) is 16.5. The summed E-state index contributed by atoms with van der Waals surface area (Å²) in [4.78, 5) is 29.9. The Balaban J connectivity index is 1.35. The lowest BCUT2D eigenvalue weighted by Crippen LogP contribution is -2.52. The Bertz CT molecular complexity index is 1060. The van der Waals surface area contributed by atoms with Gasteiger partial charge in [-0.15, -0.1) is 0 Å². The lowest BCUT2D eigenvalue weighted by molar-refractivity contribution is -0.384. The van der Waals surface area contributed by atoms with E-state index in [1.54, 1.807) is 12.1 Å². The third kappa shape index (κ3) is 5.91. The molecule has 2 aliphatic heterocycles. The molecule has 0 aliphatic carbocycles. The second-order valence-electron chi connectivity index (χ2n) is 8.49. The number of carbonyl (C=O) groups excluding carboxylic acids is 1. The van der Waals surface area contributed by atoms with Gasteiger partial charge < -0.3 is 14.7 Å². The maximum Gasteiger partial charge on any atom is 0.292 e. The number of piperazine rings is 1. The molecule has 2 heterocycles. The molecule has 0 atom stereocenters. The molecule has 0 unspecified atom stereocenters. The van der Waals surface area contributed by atoms with Crippen molar-refractivity contribution < 1.29 is 9.72 Å². The summed E-state index contributed by atoms with van der Waals surface area (Å²) < 4.78 is 0. The molecule has 34 heavy (non-hydrogen) atoms. The molecule has 0 spiro atoms. The van der Waals surface area contributed by atoms with Gasteiger partial charge in [0.1, 0.15) is 5.69 Å². The summed E-state index contributed by atoms with van der Waals surface area (Å²) in [5.74, 6) is -0.252. The second-order valence-corrected chi connectivity index (χ2v) is 8.88. The monoisotopic (exact) mass is 479 g/mol. The molecule has 2 saturated heterocycles. The van der Waals surface area contributed by atoms with Crippen molar-refractivity contribution >= 4 is 46.4 Å². The fraction of sp³-hybridized carbons (Fsp3) is 0.360. The van der Waals surface area contributed by atoms with Gasteiger partial charge in [-0.05, 0) is 55.3 Å². The summed E-state index contributed by atoms with van der Waals surface area (Å²) in [6.45, 7) is 4.46. The van der Waals surface area contributed by atoms with E-state index in [4.69, 9.17) is 12.2 Å². The van der Waals surface area contributed by atoms with Crippen LogP contribution < -0.4 is 15.1 Å². The van der Waals surface area contributed by atoms with Crippen molar-refractivity contribution in [2.75, 3.05) is 49.1 Å². The zero-order valence-corrected chi connectivity index (χ0v) is 19.9. The number of piperidine rings is 1.